The summed E-state index contributed by atoms with van der Waals surface area (Å²) >= 11 is 3.19. The second-order valence-electron chi connectivity index (χ2n) is 2.82. The third-order valence-corrected chi connectivity index (χ3v) is 2.54. The van der Waals surface area contributed by atoms with E-state index in [4.69, 9.17) is 5.11 Å². The predicted octanol–water partition coefficient (Wildman–Crippen LogP) is 2.97. The van der Waals surface area contributed by atoms with Crippen molar-refractivity contribution in [2.75, 3.05) is 0 Å². The Morgan fingerprint density at radius 1 is 1.57 bits per heavy atom. The zero-order chi connectivity index (χ0) is 10.7. The average Bonchev–Trinajstić information content (AvgIpc) is 2.16. The maximum Gasteiger partial charge on any atom is 0.335 e. The summed E-state index contributed by atoms with van der Waals surface area (Å²) in [6.07, 6.45) is 0. The zero-order valence-electron chi connectivity index (χ0n) is 7.40. The van der Waals surface area contributed by atoms with Gasteiger partial charge < -0.3 is 5.11 Å². The number of carbonyl (C=O) groups is 1. The van der Waals surface area contributed by atoms with Crippen LogP contribution in [-0.2, 0) is 0 Å². The molecule has 0 aliphatic rings. The minimum Gasteiger partial charge on any atom is -0.478 e. The summed E-state index contributed by atoms with van der Waals surface area (Å²) in [5.41, 5.74) is 0.865. The molecule has 0 saturated heterocycles. The molecule has 14 heavy (non-hydrogen) atoms. The molecule has 1 rings (SSSR count). The van der Waals surface area contributed by atoms with Gasteiger partial charge in [0, 0.05) is 4.47 Å². The summed E-state index contributed by atoms with van der Waals surface area (Å²) in [5.74, 6) is -0.996. The van der Waals surface area contributed by atoms with Crippen molar-refractivity contribution in [2.24, 2.45) is 5.18 Å². The van der Waals surface area contributed by atoms with Crippen molar-refractivity contribution < 1.29 is 9.90 Å². The van der Waals surface area contributed by atoms with E-state index in [2.05, 4.69) is 21.1 Å². The number of aromatic carboxylic acids is 1. The van der Waals surface area contributed by atoms with Crippen LogP contribution in [0.4, 0.5) is 0 Å². The molecule has 1 atom stereocenters. The summed E-state index contributed by atoms with van der Waals surface area (Å²) in [4.78, 5) is 20.9. The van der Waals surface area contributed by atoms with Crippen LogP contribution in [0.15, 0.2) is 27.8 Å². The molecule has 0 amide bonds. The molecule has 0 aliphatic heterocycles. The summed E-state index contributed by atoms with van der Waals surface area (Å²) in [6.45, 7) is 1.65. The van der Waals surface area contributed by atoms with Gasteiger partial charge in [0.05, 0.1) is 5.56 Å². The van der Waals surface area contributed by atoms with E-state index in [0.717, 1.165) is 0 Å². The van der Waals surface area contributed by atoms with E-state index in [9.17, 15) is 9.70 Å². The quantitative estimate of drug-likeness (QED) is 0.847. The molecule has 4 nitrogen and oxygen atoms in total. The highest BCUT2D eigenvalue weighted by atomic mass is 79.9. The number of hydrogen-bond donors (Lipinski definition) is 1. The number of hydrogen-bond acceptors (Lipinski definition) is 3. The molecule has 0 spiro atoms. The van der Waals surface area contributed by atoms with E-state index >= 15 is 0 Å². The largest absolute Gasteiger partial charge is 0.478 e. The Balaban J connectivity index is 3.13. The highest BCUT2D eigenvalue weighted by molar-refractivity contribution is 9.10. The fraction of sp³-hybridized carbons (Fsp3) is 0.222. The highest BCUT2D eigenvalue weighted by Gasteiger charge is 2.11. The standard InChI is InChI=1S/C9H8BrNO3/c1-5(11-14)7-3-2-6(9(12)13)4-8(7)10/h2-5H,1H3,(H,12,13). The van der Waals surface area contributed by atoms with Gasteiger partial charge in [0.25, 0.3) is 0 Å². The van der Waals surface area contributed by atoms with Gasteiger partial charge >= 0.3 is 5.97 Å². The van der Waals surface area contributed by atoms with Crippen molar-refractivity contribution in [3.05, 3.63) is 38.7 Å². The van der Waals surface area contributed by atoms with Gasteiger partial charge in [0.1, 0.15) is 6.04 Å². The van der Waals surface area contributed by atoms with Gasteiger partial charge in [0.15, 0.2) is 0 Å². The summed E-state index contributed by atoms with van der Waals surface area (Å²) in [7, 11) is 0. The van der Waals surface area contributed by atoms with Crippen LogP contribution in [-0.4, -0.2) is 11.1 Å². The van der Waals surface area contributed by atoms with Crippen LogP contribution < -0.4 is 0 Å². The van der Waals surface area contributed by atoms with Crippen molar-refractivity contribution in [3.63, 3.8) is 0 Å². The van der Waals surface area contributed by atoms with Gasteiger partial charge in [-0.1, -0.05) is 27.2 Å². The summed E-state index contributed by atoms with van der Waals surface area (Å²) in [5, 5.41) is 11.6. The maximum absolute atomic E-state index is 10.6. The Morgan fingerprint density at radius 2 is 2.21 bits per heavy atom. The van der Waals surface area contributed by atoms with Crippen molar-refractivity contribution in [1.82, 2.24) is 0 Å². The monoisotopic (exact) mass is 257 g/mol. The van der Waals surface area contributed by atoms with E-state index in [0.29, 0.717) is 10.0 Å². The van der Waals surface area contributed by atoms with E-state index in [-0.39, 0.29) is 5.56 Å². The van der Waals surface area contributed by atoms with Gasteiger partial charge in [-0.05, 0) is 24.6 Å². The lowest BCUT2D eigenvalue weighted by molar-refractivity contribution is 0.0697. The van der Waals surface area contributed by atoms with Crippen molar-refractivity contribution in [2.45, 2.75) is 13.0 Å². The number of nitrogens with zero attached hydrogens (tertiary/aromatic N) is 1. The van der Waals surface area contributed by atoms with Crippen LogP contribution in [0.25, 0.3) is 0 Å². The lowest BCUT2D eigenvalue weighted by Gasteiger charge is -2.06. The fourth-order valence-electron chi connectivity index (χ4n) is 1.06. The number of rotatable bonds is 3. The Kier molecular flexibility index (Phi) is 3.35. The van der Waals surface area contributed by atoms with Gasteiger partial charge in [-0.25, -0.2) is 4.79 Å². The molecule has 0 heterocycles. The first-order valence-electron chi connectivity index (χ1n) is 3.91. The minimum atomic E-state index is -0.996. The summed E-state index contributed by atoms with van der Waals surface area (Å²) < 4.78 is 0.588. The molecule has 0 fully saturated rings. The topological polar surface area (TPSA) is 66.7 Å². The van der Waals surface area contributed by atoms with Gasteiger partial charge in [-0.2, -0.15) is 4.91 Å². The minimum absolute atomic E-state index is 0.179. The first-order valence-corrected chi connectivity index (χ1v) is 4.70. The molecular weight excluding hydrogens is 250 g/mol. The third-order valence-electron chi connectivity index (χ3n) is 1.86. The van der Waals surface area contributed by atoms with Gasteiger partial charge in [-0.3, -0.25) is 0 Å². The van der Waals surface area contributed by atoms with Crippen LogP contribution in [0.1, 0.15) is 28.9 Å². The zero-order valence-corrected chi connectivity index (χ0v) is 8.98. The second kappa shape index (κ2) is 4.32. The molecule has 74 valence electrons. The van der Waals surface area contributed by atoms with Gasteiger partial charge in [-0.15, -0.1) is 0 Å². The van der Waals surface area contributed by atoms with Crippen LogP contribution in [0, 0.1) is 4.91 Å². The van der Waals surface area contributed by atoms with Crippen molar-refractivity contribution >= 4 is 21.9 Å². The highest BCUT2D eigenvalue weighted by Crippen LogP contribution is 2.26. The normalized spacial score (nSPS) is 12.1. The Morgan fingerprint density at radius 3 is 2.64 bits per heavy atom. The number of nitroso groups, excluding NO2 is 1. The van der Waals surface area contributed by atoms with Crippen LogP contribution >= 0.6 is 15.9 Å². The number of halogens is 1. The molecule has 1 N–H and O–H groups in total. The third kappa shape index (κ3) is 2.17. The van der Waals surface area contributed by atoms with Crippen molar-refractivity contribution in [1.29, 1.82) is 0 Å². The smallest absolute Gasteiger partial charge is 0.335 e. The van der Waals surface area contributed by atoms with Crippen molar-refractivity contribution in [3.8, 4) is 0 Å². The predicted molar refractivity (Wildman–Crippen MR) is 55.3 cm³/mol. The first-order chi connectivity index (χ1) is 6.56. The first kappa shape index (κ1) is 10.8. The van der Waals surface area contributed by atoms with Crippen LogP contribution in [0.3, 0.4) is 0 Å². The molecule has 0 aliphatic carbocycles. The molecular formula is C9H8BrNO3. The maximum atomic E-state index is 10.6. The number of carboxylic acid groups (broad SMARTS) is 1. The fourth-order valence-corrected chi connectivity index (χ4v) is 1.77. The van der Waals surface area contributed by atoms with E-state index in [1.807, 2.05) is 0 Å². The number of carboxylic acids is 1. The van der Waals surface area contributed by atoms with Crippen LogP contribution in [0.2, 0.25) is 0 Å². The van der Waals surface area contributed by atoms with E-state index in [1.165, 1.54) is 12.1 Å². The molecule has 5 heteroatoms. The molecule has 0 saturated carbocycles. The molecule has 1 aromatic carbocycles. The average molecular weight is 258 g/mol. The Hall–Kier alpha value is -1.23. The SMILES string of the molecule is CC(N=O)c1ccc(C(=O)O)cc1Br. The second-order valence-corrected chi connectivity index (χ2v) is 3.68. The molecule has 0 radical (unpaired) electrons. The van der Waals surface area contributed by atoms with E-state index < -0.39 is 12.0 Å². The molecule has 0 aromatic heterocycles. The Labute approximate surface area is 89.0 Å². The van der Waals surface area contributed by atoms with E-state index in [1.54, 1.807) is 13.0 Å². The summed E-state index contributed by atoms with van der Waals surface area (Å²) in [6, 6.07) is 4.01. The lowest BCUT2D eigenvalue weighted by Crippen LogP contribution is -1.98. The molecule has 1 unspecified atom stereocenters. The molecule has 1 aromatic rings. The molecule has 0 bridgehead atoms. The van der Waals surface area contributed by atoms with Crippen LogP contribution in [0.5, 0.6) is 0 Å². The Bertz CT molecular complexity index is 378. The lowest BCUT2D eigenvalue weighted by atomic mass is 10.1. The van der Waals surface area contributed by atoms with Gasteiger partial charge in [0.2, 0.25) is 0 Å². The number of benzene rings is 1.